The molecule has 0 radical (unpaired) electrons. The molecular weight excluding hydrogens is 376 g/mol. The predicted molar refractivity (Wildman–Crippen MR) is 85.8 cm³/mol. The van der Waals surface area contributed by atoms with Crippen LogP contribution < -0.4 is 4.72 Å². The van der Waals surface area contributed by atoms with Crippen molar-refractivity contribution in [2.24, 2.45) is 0 Å². The van der Waals surface area contributed by atoms with Gasteiger partial charge in [0.05, 0.1) is 6.42 Å². The van der Waals surface area contributed by atoms with E-state index in [0.717, 1.165) is 23.5 Å². The first kappa shape index (κ1) is 19.2. The molecule has 0 fully saturated rings. The molecule has 1 N–H and O–H groups in total. The SMILES string of the molecule is O=C(CCNS(=O)(=O)c1cccs1)OCC(=O)c1ccc(F)c(F)c1. The fourth-order valence-electron chi connectivity index (χ4n) is 1.75. The molecule has 2 rings (SSSR count). The van der Waals surface area contributed by atoms with Gasteiger partial charge in [0.15, 0.2) is 24.0 Å². The molecule has 0 atom stereocenters. The highest BCUT2D eigenvalue weighted by Crippen LogP contribution is 2.15. The summed E-state index contributed by atoms with van der Waals surface area (Å²) < 4.78 is 56.5. The van der Waals surface area contributed by atoms with Crippen molar-refractivity contribution in [1.82, 2.24) is 4.72 Å². The summed E-state index contributed by atoms with van der Waals surface area (Å²) in [6.07, 6.45) is -0.282. The zero-order valence-corrected chi connectivity index (χ0v) is 14.3. The largest absolute Gasteiger partial charge is 0.457 e. The quantitative estimate of drug-likeness (QED) is 0.552. The maximum atomic E-state index is 13.0. The molecule has 0 bridgehead atoms. The van der Waals surface area contributed by atoms with Crippen molar-refractivity contribution < 1.29 is 31.5 Å². The molecule has 0 aliphatic heterocycles. The van der Waals surface area contributed by atoms with Gasteiger partial charge in [0.2, 0.25) is 10.0 Å². The minimum atomic E-state index is -3.68. The van der Waals surface area contributed by atoms with E-state index in [9.17, 15) is 26.8 Å². The van der Waals surface area contributed by atoms with Gasteiger partial charge < -0.3 is 4.74 Å². The molecule has 0 amide bonds. The number of hydrogen-bond acceptors (Lipinski definition) is 6. The fourth-order valence-corrected chi connectivity index (χ4v) is 3.82. The van der Waals surface area contributed by atoms with E-state index in [1.54, 1.807) is 11.4 Å². The van der Waals surface area contributed by atoms with Crippen molar-refractivity contribution in [3.8, 4) is 0 Å². The molecule has 1 aromatic carbocycles. The van der Waals surface area contributed by atoms with Crippen LogP contribution in [0.3, 0.4) is 0 Å². The Morgan fingerprint density at radius 2 is 1.92 bits per heavy atom. The third-order valence-corrected chi connectivity index (χ3v) is 5.85. The van der Waals surface area contributed by atoms with E-state index in [2.05, 4.69) is 4.72 Å². The van der Waals surface area contributed by atoms with Crippen LogP contribution in [0.4, 0.5) is 8.78 Å². The summed E-state index contributed by atoms with van der Waals surface area (Å²) in [5.74, 6) is -3.78. The van der Waals surface area contributed by atoms with Gasteiger partial charge in [-0.3, -0.25) is 9.59 Å². The lowest BCUT2D eigenvalue weighted by Crippen LogP contribution is -2.26. The molecule has 0 saturated heterocycles. The van der Waals surface area contributed by atoms with Gasteiger partial charge in [-0.05, 0) is 29.6 Å². The maximum Gasteiger partial charge on any atom is 0.307 e. The standard InChI is InChI=1S/C15H13F2NO5S2/c16-11-4-3-10(8-12(11)17)13(19)9-23-14(20)5-6-18-25(21,22)15-2-1-7-24-15/h1-4,7-8,18H,5-6,9H2. The van der Waals surface area contributed by atoms with E-state index < -0.39 is 40.0 Å². The minimum Gasteiger partial charge on any atom is -0.457 e. The van der Waals surface area contributed by atoms with Crippen LogP contribution in [0.1, 0.15) is 16.8 Å². The Hall–Kier alpha value is -2.17. The van der Waals surface area contributed by atoms with Crippen LogP contribution in [0.25, 0.3) is 0 Å². The summed E-state index contributed by atoms with van der Waals surface area (Å²) in [4.78, 5) is 23.3. The van der Waals surface area contributed by atoms with Gasteiger partial charge in [-0.25, -0.2) is 21.9 Å². The minimum absolute atomic E-state index is 0.120. The third-order valence-electron chi connectivity index (χ3n) is 2.99. The number of ether oxygens (including phenoxy) is 1. The fraction of sp³-hybridized carbons (Fsp3) is 0.200. The molecule has 0 spiro atoms. The van der Waals surface area contributed by atoms with Crippen LogP contribution in [-0.4, -0.2) is 33.3 Å². The van der Waals surface area contributed by atoms with Crippen LogP contribution in [0.2, 0.25) is 0 Å². The summed E-state index contributed by atoms with van der Waals surface area (Å²) in [5, 5.41) is 1.60. The number of benzene rings is 1. The number of carbonyl (C=O) groups excluding carboxylic acids is 2. The van der Waals surface area contributed by atoms with Gasteiger partial charge in [-0.15, -0.1) is 11.3 Å². The van der Waals surface area contributed by atoms with Gasteiger partial charge in [0.1, 0.15) is 4.21 Å². The summed E-state index contributed by atoms with van der Waals surface area (Å²) in [7, 11) is -3.68. The average molecular weight is 389 g/mol. The van der Waals surface area contributed by atoms with E-state index in [1.807, 2.05) is 0 Å². The Morgan fingerprint density at radius 3 is 2.56 bits per heavy atom. The van der Waals surface area contributed by atoms with Crippen LogP contribution in [0.15, 0.2) is 39.9 Å². The predicted octanol–water partition coefficient (Wildman–Crippen LogP) is 2.12. The van der Waals surface area contributed by atoms with E-state index in [4.69, 9.17) is 4.74 Å². The lowest BCUT2D eigenvalue weighted by molar-refractivity contribution is -0.142. The summed E-state index contributed by atoms with van der Waals surface area (Å²) in [5.41, 5.74) is -0.134. The number of halogens is 2. The lowest BCUT2D eigenvalue weighted by Gasteiger charge is -2.06. The number of carbonyl (C=O) groups is 2. The van der Waals surface area contributed by atoms with Crippen molar-refractivity contribution in [1.29, 1.82) is 0 Å². The number of Topliss-reactive ketones (excluding diaryl/α,β-unsaturated/α-hetero) is 1. The van der Waals surface area contributed by atoms with Crippen molar-refractivity contribution in [2.45, 2.75) is 10.6 Å². The Bertz CT molecular complexity index is 866. The molecule has 1 heterocycles. The maximum absolute atomic E-state index is 13.0. The number of sulfonamides is 1. The van der Waals surface area contributed by atoms with Gasteiger partial charge in [-0.2, -0.15) is 0 Å². The van der Waals surface area contributed by atoms with E-state index in [0.29, 0.717) is 6.07 Å². The van der Waals surface area contributed by atoms with E-state index >= 15 is 0 Å². The molecule has 0 saturated carbocycles. The number of hydrogen-bond donors (Lipinski definition) is 1. The Morgan fingerprint density at radius 1 is 1.16 bits per heavy atom. The Balaban J connectivity index is 1.77. The smallest absolute Gasteiger partial charge is 0.307 e. The zero-order valence-electron chi connectivity index (χ0n) is 12.7. The molecular formula is C15H13F2NO5S2. The molecule has 10 heteroatoms. The lowest BCUT2D eigenvalue weighted by atomic mass is 10.1. The van der Waals surface area contributed by atoms with Crippen molar-refractivity contribution in [3.05, 3.63) is 52.9 Å². The van der Waals surface area contributed by atoms with Crippen LogP contribution in [0, 0.1) is 11.6 Å². The number of ketones is 1. The molecule has 25 heavy (non-hydrogen) atoms. The van der Waals surface area contributed by atoms with Crippen LogP contribution in [0.5, 0.6) is 0 Å². The van der Waals surface area contributed by atoms with Gasteiger partial charge >= 0.3 is 5.97 Å². The van der Waals surface area contributed by atoms with Crippen molar-refractivity contribution >= 4 is 33.1 Å². The molecule has 0 unspecified atom stereocenters. The first-order valence-electron chi connectivity index (χ1n) is 6.96. The molecule has 2 aromatic rings. The summed E-state index contributed by atoms with van der Waals surface area (Å²) in [6, 6.07) is 5.58. The van der Waals surface area contributed by atoms with Crippen molar-refractivity contribution in [3.63, 3.8) is 0 Å². The normalized spacial score (nSPS) is 11.3. The van der Waals surface area contributed by atoms with Gasteiger partial charge in [0, 0.05) is 12.1 Å². The Labute approximate surface area is 146 Å². The highest BCUT2D eigenvalue weighted by atomic mass is 32.2. The number of thiophene rings is 1. The first-order chi connectivity index (χ1) is 11.8. The van der Waals surface area contributed by atoms with E-state index in [1.165, 1.54) is 6.07 Å². The third kappa shape index (κ3) is 5.41. The summed E-state index contributed by atoms with van der Waals surface area (Å²) in [6.45, 7) is -0.847. The molecule has 0 aliphatic rings. The second-order valence-electron chi connectivity index (χ2n) is 4.79. The zero-order chi connectivity index (χ0) is 18.4. The second-order valence-corrected chi connectivity index (χ2v) is 7.73. The van der Waals surface area contributed by atoms with Crippen molar-refractivity contribution in [2.75, 3.05) is 13.2 Å². The second kappa shape index (κ2) is 8.28. The average Bonchev–Trinajstić information content (AvgIpc) is 3.10. The number of rotatable bonds is 8. The molecule has 134 valence electrons. The highest BCUT2D eigenvalue weighted by molar-refractivity contribution is 7.91. The highest BCUT2D eigenvalue weighted by Gasteiger charge is 2.16. The topological polar surface area (TPSA) is 89.5 Å². The van der Waals surface area contributed by atoms with Crippen LogP contribution in [-0.2, 0) is 19.6 Å². The Kier molecular flexibility index (Phi) is 6.34. The molecule has 1 aromatic heterocycles. The summed E-state index contributed by atoms with van der Waals surface area (Å²) >= 11 is 1.03. The van der Waals surface area contributed by atoms with Crippen LogP contribution >= 0.6 is 11.3 Å². The molecule has 6 nitrogen and oxygen atoms in total. The van der Waals surface area contributed by atoms with Gasteiger partial charge in [-0.1, -0.05) is 6.07 Å². The number of esters is 1. The van der Waals surface area contributed by atoms with Gasteiger partial charge in [0.25, 0.3) is 0 Å². The van der Waals surface area contributed by atoms with E-state index in [-0.39, 0.29) is 22.7 Å². The first-order valence-corrected chi connectivity index (χ1v) is 9.33. The molecule has 0 aliphatic carbocycles. The monoisotopic (exact) mass is 389 g/mol. The number of nitrogens with one attached hydrogen (secondary N) is 1.